The third-order valence-corrected chi connectivity index (χ3v) is 13.1. The summed E-state index contributed by atoms with van der Waals surface area (Å²) in [4.78, 5) is 67.8. The Kier molecular flexibility index (Phi) is 13.2. The number of carbonyl (C=O) groups excluding carboxylic acids is 5. The van der Waals surface area contributed by atoms with Crippen LogP contribution in [0.5, 0.6) is 0 Å². The molecule has 4 aliphatic rings. The van der Waals surface area contributed by atoms with Crippen molar-refractivity contribution in [1.29, 1.82) is 0 Å². The van der Waals surface area contributed by atoms with Crippen LogP contribution in [0.15, 0.2) is 60.7 Å². The second kappa shape index (κ2) is 18.6. The summed E-state index contributed by atoms with van der Waals surface area (Å²) in [5.74, 6) is -0.155. The number of carbonyl (C=O) groups is 5. The van der Waals surface area contributed by atoms with Crippen LogP contribution in [0.2, 0.25) is 0 Å². The molecule has 3 fully saturated rings. The van der Waals surface area contributed by atoms with Crippen LogP contribution in [0, 0.1) is 11.8 Å². The number of ether oxygens (including phenoxy) is 2. The number of nitrogens with one attached hydrogen (secondary N) is 4. The van der Waals surface area contributed by atoms with Crippen molar-refractivity contribution in [2.24, 2.45) is 11.8 Å². The topological polar surface area (TPSA) is 179 Å². The number of nitrogens with zero attached hydrogens (tertiary/aromatic N) is 2. The molecule has 2 heterocycles. The van der Waals surface area contributed by atoms with E-state index in [0.29, 0.717) is 49.9 Å². The normalized spacial score (nSPS) is 21.8. The molecule has 2 aliphatic carbocycles. The van der Waals surface area contributed by atoms with Gasteiger partial charge in [-0.05, 0) is 126 Å². The molecule has 2 saturated heterocycles. The molecule has 2 aliphatic heterocycles. The number of aliphatic hydroxyl groups excluding tert-OH is 1. The highest BCUT2D eigenvalue weighted by Crippen LogP contribution is 2.58. The fourth-order valence-electron chi connectivity index (χ4n) is 9.95. The minimum absolute atomic E-state index is 0.158. The predicted octanol–water partition coefficient (Wildman–Crippen LogP) is 6.80. The van der Waals surface area contributed by atoms with Gasteiger partial charge in [0.2, 0.25) is 17.7 Å². The van der Waals surface area contributed by atoms with Crippen LogP contribution < -0.4 is 21.3 Å². The average molecular weight is 837 g/mol. The highest BCUT2D eigenvalue weighted by Gasteiger charge is 2.42. The van der Waals surface area contributed by atoms with E-state index in [1.165, 1.54) is 36.5 Å². The maximum atomic E-state index is 13.6. The van der Waals surface area contributed by atoms with E-state index >= 15 is 0 Å². The van der Waals surface area contributed by atoms with Crippen molar-refractivity contribution in [2.75, 3.05) is 37.9 Å². The molecule has 5 amide bonds. The van der Waals surface area contributed by atoms with Crippen LogP contribution in [-0.4, -0.2) is 103 Å². The molecule has 3 unspecified atom stereocenters. The lowest BCUT2D eigenvalue weighted by molar-refractivity contribution is -0.139. The van der Waals surface area contributed by atoms with Gasteiger partial charge in [-0.2, -0.15) is 0 Å². The fourth-order valence-corrected chi connectivity index (χ4v) is 9.95. The molecule has 0 spiro atoms. The third kappa shape index (κ3) is 9.05. The number of fused-ring (bicyclic) bond motifs is 5. The van der Waals surface area contributed by atoms with Gasteiger partial charge in [0.15, 0.2) is 0 Å². The minimum Gasteiger partial charge on any atom is -0.453 e. The Balaban J connectivity index is 1.03. The maximum absolute atomic E-state index is 13.6. The van der Waals surface area contributed by atoms with Gasteiger partial charge in [0.25, 0.3) is 0 Å². The number of methoxy groups -OCH3 is 2. The number of amides is 5. The molecule has 7 rings (SSSR count). The van der Waals surface area contributed by atoms with Crippen molar-refractivity contribution < 1.29 is 38.6 Å². The minimum atomic E-state index is -0.997. The molecule has 0 radical (unpaired) electrons. The number of hydrogen-bond acceptors (Lipinski definition) is 9. The molecule has 1 saturated carbocycles. The highest BCUT2D eigenvalue weighted by atomic mass is 16.5. The van der Waals surface area contributed by atoms with Crippen molar-refractivity contribution in [3.63, 3.8) is 0 Å². The number of hydrogen-bond donors (Lipinski definition) is 5. The second-order valence-corrected chi connectivity index (χ2v) is 17.6. The van der Waals surface area contributed by atoms with Gasteiger partial charge in [0.1, 0.15) is 24.4 Å². The Labute approximate surface area is 358 Å². The van der Waals surface area contributed by atoms with E-state index in [4.69, 9.17) is 9.47 Å². The van der Waals surface area contributed by atoms with Gasteiger partial charge in [-0.3, -0.25) is 14.4 Å². The quantitative estimate of drug-likeness (QED) is 0.116. The van der Waals surface area contributed by atoms with Crippen LogP contribution in [-0.2, 0) is 23.9 Å². The van der Waals surface area contributed by atoms with E-state index in [0.717, 1.165) is 42.5 Å². The standard InChI is InChI=1S/C47H60N6O8/c1-26(2)40(50-46(58)60-5)44(56)52-23-7-9-36(52)42(54)48-32-17-13-28(14-18-32)34-21-22-35(39-31-12-11-30(25-31)38(34)39)29-15-19-33(20-16-29)49-43(55)37-10-8-24-53(37)45(57)41(27(3)4)51-47(59)61-6/h13-22,26-27,30-31,36-37,40-42,48,54H,7-12,23-25H2,1-6H3,(H,49,55)(H,50,58)(H,51,59)/t30?,31?,36-,37-,40-,41-,42?/m0/s1. The van der Waals surface area contributed by atoms with Gasteiger partial charge in [-0.15, -0.1) is 0 Å². The van der Waals surface area contributed by atoms with Crippen LogP contribution in [0.3, 0.4) is 0 Å². The fraction of sp³-hybridized carbons (Fsp3) is 0.511. The Morgan fingerprint density at radius 3 is 1.62 bits per heavy atom. The molecule has 61 heavy (non-hydrogen) atoms. The maximum Gasteiger partial charge on any atom is 0.407 e. The summed E-state index contributed by atoms with van der Waals surface area (Å²) in [5.41, 5.74) is 8.78. The molecule has 5 N–H and O–H groups in total. The number of aliphatic hydroxyl groups is 1. The van der Waals surface area contributed by atoms with E-state index in [2.05, 4.69) is 45.5 Å². The van der Waals surface area contributed by atoms with Gasteiger partial charge >= 0.3 is 12.2 Å². The molecule has 3 aromatic carbocycles. The summed E-state index contributed by atoms with van der Waals surface area (Å²) in [6.07, 6.45) is 3.73. The van der Waals surface area contributed by atoms with E-state index in [1.807, 2.05) is 64.1 Å². The summed E-state index contributed by atoms with van der Waals surface area (Å²) >= 11 is 0. The SMILES string of the molecule is COC(=O)N[C@H](C(=O)N1CCC[C@H]1C(=O)Nc1ccc(-c2ccc(-c3ccc(NC(O)[C@@H]4CCCN4C(=O)[C@@H](NC(=O)OC)C(C)C)cc3)c3c2C2CCC3C2)cc1)C(C)C. The Morgan fingerprint density at radius 1 is 0.639 bits per heavy atom. The third-order valence-electron chi connectivity index (χ3n) is 13.1. The first-order valence-electron chi connectivity index (χ1n) is 21.7. The summed E-state index contributed by atoms with van der Waals surface area (Å²) in [6.45, 7) is 8.37. The van der Waals surface area contributed by atoms with E-state index < -0.39 is 42.6 Å². The Hall–Kier alpha value is -5.63. The van der Waals surface area contributed by atoms with Crippen LogP contribution in [0.4, 0.5) is 21.0 Å². The number of alkyl carbamates (subject to hydrolysis) is 2. The molecule has 14 nitrogen and oxygen atoms in total. The molecule has 2 bridgehead atoms. The molecule has 0 aromatic heterocycles. The number of likely N-dealkylation sites (tertiary alicyclic amines) is 2. The second-order valence-electron chi connectivity index (χ2n) is 17.6. The summed E-state index contributed by atoms with van der Waals surface area (Å²) < 4.78 is 9.47. The summed E-state index contributed by atoms with van der Waals surface area (Å²) in [5, 5.41) is 22.9. The van der Waals surface area contributed by atoms with Gasteiger partial charge < -0.3 is 45.6 Å². The lowest BCUT2D eigenvalue weighted by atomic mass is 9.81. The highest BCUT2D eigenvalue weighted by molar-refractivity contribution is 5.99. The van der Waals surface area contributed by atoms with Crippen LogP contribution in [0.1, 0.15) is 95.6 Å². The number of anilines is 2. The van der Waals surface area contributed by atoms with E-state index in [-0.39, 0.29) is 29.6 Å². The zero-order valence-corrected chi connectivity index (χ0v) is 36.0. The van der Waals surface area contributed by atoms with Gasteiger partial charge in [0.05, 0.1) is 20.3 Å². The number of benzene rings is 3. The lowest BCUT2D eigenvalue weighted by Gasteiger charge is -2.33. The molecule has 3 aromatic rings. The largest absolute Gasteiger partial charge is 0.453 e. The summed E-state index contributed by atoms with van der Waals surface area (Å²) in [7, 11) is 2.52. The van der Waals surface area contributed by atoms with E-state index in [1.54, 1.807) is 9.80 Å². The van der Waals surface area contributed by atoms with Crippen molar-refractivity contribution in [2.45, 2.75) is 115 Å². The van der Waals surface area contributed by atoms with Crippen molar-refractivity contribution >= 4 is 41.3 Å². The first kappa shape index (κ1) is 43.5. The Bertz CT molecular complexity index is 2110. The van der Waals surface area contributed by atoms with Gasteiger partial charge in [0, 0.05) is 24.5 Å². The van der Waals surface area contributed by atoms with Crippen LogP contribution >= 0.6 is 0 Å². The zero-order valence-electron chi connectivity index (χ0n) is 36.0. The van der Waals surface area contributed by atoms with Crippen LogP contribution in [0.25, 0.3) is 22.3 Å². The van der Waals surface area contributed by atoms with E-state index in [9.17, 15) is 29.1 Å². The zero-order chi connectivity index (χ0) is 43.5. The van der Waals surface area contributed by atoms with Crippen molar-refractivity contribution in [3.8, 4) is 22.3 Å². The van der Waals surface area contributed by atoms with Crippen molar-refractivity contribution in [1.82, 2.24) is 20.4 Å². The molecule has 326 valence electrons. The first-order chi connectivity index (χ1) is 29.3. The molecular weight excluding hydrogens is 777 g/mol. The first-order valence-corrected chi connectivity index (χ1v) is 21.7. The van der Waals surface area contributed by atoms with Crippen molar-refractivity contribution in [3.05, 3.63) is 71.8 Å². The summed E-state index contributed by atoms with van der Waals surface area (Å²) in [6, 6.07) is 17.8. The molecule has 14 heteroatoms. The predicted molar refractivity (Wildman–Crippen MR) is 233 cm³/mol. The lowest BCUT2D eigenvalue weighted by Crippen LogP contribution is -2.55. The molecular formula is C47H60N6O8. The number of rotatable bonds is 13. The van der Waals surface area contributed by atoms with Gasteiger partial charge in [-0.1, -0.05) is 64.1 Å². The van der Waals surface area contributed by atoms with Gasteiger partial charge in [-0.25, -0.2) is 9.59 Å². The average Bonchev–Trinajstić information content (AvgIpc) is 4.10. The monoisotopic (exact) mass is 836 g/mol. The Morgan fingerprint density at radius 2 is 1.11 bits per heavy atom. The smallest absolute Gasteiger partial charge is 0.407 e. The molecule has 7 atom stereocenters.